The van der Waals surface area contributed by atoms with Crippen LogP contribution in [-0.2, 0) is 9.53 Å². The van der Waals surface area contributed by atoms with Crippen LogP contribution >= 0.6 is 0 Å². The minimum atomic E-state index is -0.404. The van der Waals surface area contributed by atoms with Crippen LogP contribution in [0.5, 0.6) is 0 Å². The van der Waals surface area contributed by atoms with Crippen LogP contribution in [0, 0.1) is 11.8 Å². The molecule has 2 aromatic rings. The van der Waals surface area contributed by atoms with Crippen LogP contribution in [0.3, 0.4) is 0 Å². The molecule has 0 amide bonds. The minimum absolute atomic E-state index is 0.404. The first kappa shape index (κ1) is 11.8. The van der Waals surface area contributed by atoms with Crippen molar-refractivity contribution in [1.82, 2.24) is 19.9 Å². The van der Waals surface area contributed by atoms with Crippen molar-refractivity contribution in [3.05, 3.63) is 30.0 Å². The molecule has 18 heavy (non-hydrogen) atoms. The number of aromatic amines is 1. The Balaban J connectivity index is 2.30. The number of fused-ring (bicyclic) bond motifs is 1. The fourth-order valence-corrected chi connectivity index (χ4v) is 1.29. The zero-order chi connectivity index (χ0) is 13.0. The monoisotopic (exact) mass is 242 g/mol. The van der Waals surface area contributed by atoms with Crippen molar-refractivity contribution >= 4 is 17.1 Å². The molecule has 2 aromatic heterocycles. The normalized spacial score (nSPS) is 10.9. The number of nitrogens with one attached hydrogen (secondary N) is 1. The van der Waals surface area contributed by atoms with Gasteiger partial charge in [0.2, 0.25) is 0 Å². The summed E-state index contributed by atoms with van der Waals surface area (Å²) in [7, 11) is 1.33. The van der Waals surface area contributed by atoms with Crippen molar-refractivity contribution in [2.75, 3.05) is 7.11 Å². The number of hydrogen-bond acceptors (Lipinski definition) is 5. The molecule has 6 heteroatoms. The highest BCUT2D eigenvalue weighted by molar-refractivity contribution is 5.88. The molecule has 0 radical (unpaired) electrons. The first-order valence-electron chi connectivity index (χ1n) is 5.13. The second-order valence-electron chi connectivity index (χ2n) is 3.41. The van der Waals surface area contributed by atoms with Crippen LogP contribution in [0.4, 0.5) is 0 Å². The van der Waals surface area contributed by atoms with Crippen molar-refractivity contribution in [2.24, 2.45) is 0 Å². The first-order valence-corrected chi connectivity index (χ1v) is 5.13. The SMILES string of the molecule is COC(=O)/C(C)=C/C#Cc1ncnc2nc[nH]c12. The molecule has 0 unspecified atom stereocenters. The predicted octanol–water partition coefficient (Wildman–Crippen LogP) is 0.824. The Bertz CT molecular complexity index is 676. The predicted molar refractivity (Wildman–Crippen MR) is 64.3 cm³/mol. The van der Waals surface area contributed by atoms with E-state index in [1.807, 2.05) is 0 Å². The summed E-state index contributed by atoms with van der Waals surface area (Å²) in [5, 5.41) is 0. The lowest BCUT2D eigenvalue weighted by Crippen LogP contribution is -2.00. The lowest BCUT2D eigenvalue weighted by molar-refractivity contribution is -0.136. The molecular weight excluding hydrogens is 232 g/mol. The molecule has 2 heterocycles. The summed E-state index contributed by atoms with van der Waals surface area (Å²) in [6.45, 7) is 1.63. The van der Waals surface area contributed by atoms with Gasteiger partial charge in [0.25, 0.3) is 0 Å². The van der Waals surface area contributed by atoms with Crippen molar-refractivity contribution in [2.45, 2.75) is 6.92 Å². The van der Waals surface area contributed by atoms with E-state index in [4.69, 9.17) is 0 Å². The highest BCUT2D eigenvalue weighted by Gasteiger charge is 2.02. The Hall–Kier alpha value is -2.68. The maximum Gasteiger partial charge on any atom is 0.334 e. The average molecular weight is 242 g/mol. The number of allylic oxidation sites excluding steroid dienone is 1. The number of nitrogens with zero attached hydrogens (tertiary/aromatic N) is 3. The number of carbonyl (C=O) groups excluding carboxylic acids is 1. The molecule has 0 bridgehead atoms. The van der Waals surface area contributed by atoms with E-state index in [9.17, 15) is 4.79 Å². The minimum Gasteiger partial charge on any atom is -0.466 e. The molecule has 0 aliphatic heterocycles. The van der Waals surface area contributed by atoms with Crippen LogP contribution in [-0.4, -0.2) is 33.0 Å². The van der Waals surface area contributed by atoms with E-state index in [1.165, 1.54) is 25.8 Å². The maximum atomic E-state index is 11.1. The van der Waals surface area contributed by atoms with Crippen molar-refractivity contribution < 1.29 is 9.53 Å². The number of methoxy groups -OCH3 is 1. The number of H-pyrrole nitrogens is 1. The van der Waals surface area contributed by atoms with Gasteiger partial charge in [-0.1, -0.05) is 5.92 Å². The van der Waals surface area contributed by atoms with Gasteiger partial charge in [0.15, 0.2) is 5.65 Å². The molecule has 0 atom stereocenters. The maximum absolute atomic E-state index is 11.1. The van der Waals surface area contributed by atoms with Crippen molar-refractivity contribution in [3.8, 4) is 11.8 Å². The summed E-state index contributed by atoms with van der Waals surface area (Å²) < 4.78 is 4.56. The van der Waals surface area contributed by atoms with Crippen LogP contribution in [0.2, 0.25) is 0 Å². The van der Waals surface area contributed by atoms with Crippen LogP contribution in [0.25, 0.3) is 11.2 Å². The summed E-state index contributed by atoms with van der Waals surface area (Å²) in [5.74, 6) is 5.17. The fourth-order valence-electron chi connectivity index (χ4n) is 1.29. The standard InChI is InChI=1S/C12H10N4O2/c1-8(12(17)18-2)4-3-5-9-10-11(15-6-13-9)16-7-14-10/h4,6-7H,1-2H3,(H,13,14,15,16)/b8-4+. The van der Waals surface area contributed by atoms with Gasteiger partial charge in [-0.2, -0.15) is 0 Å². The van der Waals surface area contributed by atoms with E-state index in [0.29, 0.717) is 22.4 Å². The summed E-state index contributed by atoms with van der Waals surface area (Å²) in [4.78, 5) is 26.0. The second kappa shape index (κ2) is 5.10. The van der Waals surface area contributed by atoms with Crippen LogP contribution in [0.1, 0.15) is 12.6 Å². The molecule has 0 saturated heterocycles. The Morgan fingerprint density at radius 2 is 2.28 bits per heavy atom. The molecule has 90 valence electrons. The summed E-state index contributed by atoms with van der Waals surface area (Å²) in [6, 6.07) is 0. The summed E-state index contributed by atoms with van der Waals surface area (Å²) >= 11 is 0. The third-order valence-corrected chi connectivity index (χ3v) is 2.21. The Labute approximate surface area is 103 Å². The zero-order valence-electron chi connectivity index (χ0n) is 9.89. The van der Waals surface area contributed by atoms with E-state index < -0.39 is 5.97 Å². The quantitative estimate of drug-likeness (QED) is 0.455. The topological polar surface area (TPSA) is 80.8 Å². The van der Waals surface area contributed by atoms with Crippen LogP contribution in [0.15, 0.2) is 24.3 Å². The van der Waals surface area contributed by atoms with E-state index in [1.54, 1.807) is 6.92 Å². The molecule has 0 aliphatic rings. The lowest BCUT2D eigenvalue weighted by Gasteiger charge is -1.94. The number of esters is 1. The van der Waals surface area contributed by atoms with E-state index in [0.717, 1.165) is 0 Å². The van der Waals surface area contributed by atoms with Crippen molar-refractivity contribution in [1.29, 1.82) is 0 Å². The number of hydrogen-bond donors (Lipinski definition) is 1. The second-order valence-corrected chi connectivity index (χ2v) is 3.41. The molecule has 2 rings (SSSR count). The Morgan fingerprint density at radius 3 is 3.06 bits per heavy atom. The fraction of sp³-hybridized carbons (Fsp3) is 0.167. The number of aromatic nitrogens is 4. The highest BCUT2D eigenvalue weighted by atomic mass is 16.5. The van der Waals surface area contributed by atoms with Gasteiger partial charge in [0.1, 0.15) is 17.5 Å². The van der Waals surface area contributed by atoms with Gasteiger partial charge < -0.3 is 9.72 Å². The number of rotatable bonds is 1. The molecule has 1 N–H and O–H groups in total. The van der Waals surface area contributed by atoms with E-state index in [-0.39, 0.29) is 0 Å². The molecule has 6 nitrogen and oxygen atoms in total. The van der Waals surface area contributed by atoms with Gasteiger partial charge in [-0.3, -0.25) is 0 Å². The first-order chi connectivity index (χ1) is 8.72. The van der Waals surface area contributed by atoms with Gasteiger partial charge in [-0.05, 0) is 18.9 Å². The smallest absolute Gasteiger partial charge is 0.334 e. The third kappa shape index (κ3) is 2.35. The van der Waals surface area contributed by atoms with Gasteiger partial charge in [0, 0.05) is 5.57 Å². The zero-order valence-corrected chi connectivity index (χ0v) is 9.89. The van der Waals surface area contributed by atoms with Gasteiger partial charge in [-0.25, -0.2) is 19.7 Å². The Kier molecular flexibility index (Phi) is 3.34. The lowest BCUT2D eigenvalue weighted by atomic mass is 10.3. The number of imidazole rings is 1. The molecule has 0 spiro atoms. The number of ether oxygens (including phenoxy) is 1. The molecule has 0 fully saturated rings. The van der Waals surface area contributed by atoms with Gasteiger partial charge in [-0.15, -0.1) is 0 Å². The average Bonchev–Trinajstić information content (AvgIpc) is 2.86. The molecular formula is C12H10N4O2. The third-order valence-electron chi connectivity index (χ3n) is 2.21. The highest BCUT2D eigenvalue weighted by Crippen LogP contribution is 2.07. The molecule has 0 saturated carbocycles. The van der Waals surface area contributed by atoms with Crippen LogP contribution < -0.4 is 0 Å². The van der Waals surface area contributed by atoms with Crippen molar-refractivity contribution in [3.63, 3.8) is 0 Å². The van der Waals surface area contributed by atoms with Gasteiger partial charge >= 0.3 is 5.97 Å². The molecule has 0 aromatic carbocycles. The van der Waals surface area contributed by atoms with E-state index in [2.05, 4.69) is 36.5 Å². The number of carbonyl (C=O) groups is 1. The summed E-state index contributed by atoms with van der Waals surface area (Å²) in [6.07, 6.45) is 4.40. The molecule has 0 aliphatic carbocycles. The van der Waals surface area contributed by atoms with E-state index >= 15 is 0 Å². The van der Waals surface area contributed by atoms with Gasteiger partial charge in [0.05, 0.1) is 13.4 Å². The summed E-state index contributed by atoms with van der Waals surface area (Å²) in [5.41, 5.74) is 2.20. The largest absolute Gasteiger partial charge is 0.466 e. The Morgan fingerprint density at radius 1 is 1.44 bits per heavy atom.